The van der Waals surface area contributed by atoms with E-state index in [0.29, 0.717) is 10.0 Å². The zero-order valence-electron chi connectivity index (χ0n) is 13.2. The molecule has 0 aliphatic carbocycles. The van der Waals surface area contributed by atoms with Crippen molar-refractivity contribution in [3.05, 3.63) is 58.3 Å². The first-order valence-electron chi connectivity index (χ1n) is 7.99. The van der Waals surface area contributed by atoms with Crippen molar-refractivity contribution in [2.75, 3.05) is 18.4 Å². The predicted molar refractivity (Wildman–Crippen MR) is 97.3 cm³/mol. The molecule has 1 aromatic heterocycles. The molecule has 0 bridgehead atoms. The van der Waals surface area contributed by atoms with Crippen LogP contribution in [0, 0.1) is 5.92 Å². The van der Waals surface area contributed by atoms with Crippen molar-refractivity contribution in [2.24, 2.45) is 5.92 Å². The summed E-state index contributed by atoms with van der Waals surface area (Å²) >= 11 is 12.0. The fourth-order valence-corrected chi connectivity index (χ4v) is 3.25. The minimum Gasteiger partial charge on any atom is -0.324 e. The zero-order valence-corrected chi connectivity index (χ0v) is 14.7. The van der Waals surface area contributed by atoms with Crippen LogP contribution in [0.25, 0.3) is 0 Å². The Bertz CT molecular complexity index is 701. The van der Waals surface area contributed by atoms with Gasteiger partial charge in [-0.25, -0.2) is 0 Å². The molecule has 0 radical (unpaired) electrons. The lowest BCUT2D eigenvalue weighted by atomic mass is 9.95. The number of piperidine rings is 1. The highest BCUT2D eigenvalue weighted by molar-refractivity contribution is 6.42. The number of amides is 1. The standard InChI is InChI=1S/C18H19Cl2N3O/c19-16-4-3-13(10-17(16)20)12-23-8-5-14(6-9-23)18(24)22-15-2-1-7-21-11-15/h1-4,7,10-11,14H,5-6,8-9,12H2,(H,22,24). The van der Waals surface area contributed by atoms with Gasteiger partial charge < -0.3 is 5.32 Å². The molecule has 0 saturated carbocycles. The van der Waals surface area contributed by atoms with E-state index >= 15 is 0 Å². The highest BCUT2D eigenvalue weighted by Gasteiger charge is 2.25. The summed E-state index contributed by atoms with van der Waals surface area (Å²) < 4.78 is 0. The number of hydrogen-bond acceptors (Lipinski definition) is 3. The summed E-state index contributed by atoms with van der Waals surface area (Å²) in [6, 6.07) is 9.40. The van der Waals surface area contributed by atoms with Crippen LogP contribution in [0.4, 0.5) is 5.69 Å². The minimum absolute atomic E-state index is 0.0512. The smallest absolute Gasteiger partial charge is 0.227 e. The van der Waals surface area contributed by atoms with Crippen LogP contribution in [-0.4, -0.2) is 28.9 Å². The van der Waals surface area contributed by atoms with Gasteiger partial charge in [0.05, 0.1) is 21.9 Å². The molecule has 0 atom stereocenters. The molecule has 1 fully saturated rings. The molecule has 1 N–H and O–H groups in total. The highest BCUT2D eigenvalue weighted by atomic mass is 35.5. The zero-order chi connectivity index (χ0) is 16.9. The van der Waals surface area contributed by atoms with E-state index in [1.54, 1.807) is 12.4 Å². The topological polar surface area (TPSA) is 45.2 Å². The largest absolute Gasteiger partial charge is 0.324 e. The molecule has 2 aromatic rings. The summed E-state index contributed by atoms with van der Waals surface area (Å²) in [5, 5.41) is 4.10. The minimum atomic E-state index is 0.0512. The van der Waals surface area contributed by atoms with Crippen molar-refractivity contribution in [3.63, 3.8) is 0 Å². The molecular weight excluding hydrogens is 345 g/mol. The quantitative estimate of drug-likeness (QED) is 0.883. The Morgan fingerprint density at radius 3 is 2.67 bits per heavy atom. The number of nitrogens with zero attached hydrogens (tertiary/aromatic N) is 2. The number of anilines is 1. The van der Waals surface area contributed by atoms with Gasteiger partial charge in [0.2, 0.25) is 5.91 Å². The first-order valence-corrected chi connectivity index (χ1v) is 8.74. The number of likely N-dealkylation sites (tertiary alicyclic amines) is 1. The van der Waals surface area contributed by atoms with Crippen LogP contribution < -0.4 is 5.32 Å². The van der Waals surface area contributed by atoms with Gasteiger partial charge in [-0.3, -0.25) is 14.7 Å². The maximum absolute atomic E-state index is 12.3. The van der Waals surface area contributed by atoms with Gasteiger partial charge >= 0.3 is 0 Å². The van der Waals surface area contributed by atoms with Crippen molar-refractivity contribution in [1.82, 2.24) is 9.88 Å². The summed E-state index contributed by atoms with van der Waals surface area (Å²) in [6.45, 7) is 2.62. The summed E-state index contributed by atoms with van der Waals surface area (Å²) in [5.74, 6) is 0.132. The van der Waals surface area contributed by atoms with Crippen molar-refractivity contribution < 1.29 is 4.79 Å². The Morgan fingerprint density at radius 2 is 2.00 bits per heavy atom. The SMILES string of the molecule is O=C(Nc1cccnc1)C1CCN(Cc2ccc(Cl)c(Cl)c2)CC1. The van der Waals surface area contributed by atoms with E-state index in [-0.39, 0.29) is 11.8 Å². The molecule has 126 valence electrons. The van der Waals surface area contributed by atoms with E-state index in [1.165, 1.54) is 0 Å². The fourth-order valence-electron chi connectivity index (χ4n) is 2.93. The molecule has 6 heteroatoms. The number of pyridine rings is 1. The second kappa shape index (κ2) is 7.97. The predicted octanol–water partition coefficient (Wildman–Crippen LogP) is 4.24. The molecule has 1 amide bonds. The maximum Gasteiger partial charge on any atom is 0.227 e. The molecule has 3 rings (SSSR count). The second-order valence-electron chi connectivity index (χ2n) is 6.03. The van der Waals surface area contributed by atoms with Gasteiger partial charge in [-0.1, -0.05) is 29.3 Å². The lowest BCUT2D eigenvalue weighted by Gasteiger charge is -2.31. The van der Waals surface area contributed by atoms with E-state index in [4.69, 9.17) is 23.2 Å². The van der Waals surface area contributed by atoms with Crippen LogP contribution in [0.5, 0.6) is 0 Å². The van der Waals surface area contributed by atoms with Gasteiger partial charge in [-0.2, -0.15) is 0 Å². The summed E-state index contributed by atoms with van der Waals surface area (Å²) in [5.41, 5.74) is 1.89. The molecule has 2 heterocycles. The molecule has 1 saturated heterocycles. The normalized spacial score (nSPS) is 16.1. The van der Waals surface area contributed by atoms with Crippen LogP contribution >= 0.6 is 23.2 Å². The third-order valence-electron chi connectivity index (χ3n) is 4.28. The molecule has 1 aromatic carbocycles. The number of carbonyl (C=O) groups excluding carboxylic acids is 1. The first-order chi connectivity index (χ1) is 11.6. The van der Waals surface area contributed by atoms with Crippen LogP contribution in [0.15, 0.2) is 42.7 Å². The molecule has 0 spiro atoms. The van der Waals surface area contributed by atoms with Crippen molar-refractivity contribution in [3.8, 4) is 0 Å². The number of carbonyl (C=O) groups is 1. The van der Waals surface area contributed by atoms with E-state index in [9.17, 15) is 4.79 Å². The molecular formula is C18H19Cl2N3O. The lowest BCUT2D eigenvalue weighted by molar-refractivity contribution is -0.121. The maximum atomic E-state index is 12.3. The third-order valence-corrected chi connectivity index (χ3v) is 5.02. The Morgan fingerprint density at radius 1 is 1.21 bits per heavy atom. The van der Waals surface area contributed by atoms with Gasteiger partial charge in [-0.05, 0) is 55.8 Å². The second-order valence-corrected chi connectivity index (χ2v) is 6.84. The highest BCUT2D eigenvalue weighted by Crippen LogP contribution is 2.25. The Kier molecular flexibility index (Phi) is 5.72. The fraction of sp³-hybridized carbons (Fsp3) is 0.333. The average molecular weight is 364 g/mol. The summed E-state index contributed by atoms with van der Waals surface area (Å²) in [4.78, 5) is 18.7. The molecule has 1 aliphatic heterocycles. The third kappa shape index (κ3) is 4.47. The van der Waals surface area contributed by atoms with Crippen molar-refractivity contribution in [1.29, 1.82) is 0 Å². The molecule has 24 heavy (non-hydrogen) atoms. The monoisotopic (exact) mass is 363 g/mol. The lowest BCUT2D eigenvalue weighted by Crippen LogP contribution is -2.37. The number of hydrogen-bond donors (Lipinski definition) is 1. The van der Waals surface area contributed by atoms with E-state index in [0.717, 1.165) is 43.7 Å². The van der Waals surface area contributed by atoms with E-state index in [1.807, 2.05) is 30.3 Å². The van der Waals surface area contributed by atoms with Crippen LogP contribution in [-0.2, 0) is 11.3 Å². The van der Waals surface area contributed by atoms with Crippen LogP contribution in [0.3, 0.4) is 0 Å². The van der Waals surface area contributed by atoms with Gasteiger partial charge in [0.15, 0.2) is 0 Å². The number of halogens is 2. The van der Waals surface area contributed by atoms with Gasteiger partial charge in [-0.15, -0.1) is 0 Å². The number of aromatic nitrogens is 1. The van der Waals surface area contributed by atoms with Gasteiger partial charge in [0.25, 0.3) is 0 Å². The summed E-state index contributed by atoms with van der Waals surface area (Å²) in [6.07, 6.45) is 5.06. The van der Waals surface area contributed by atoms with Gasteiger partial charge in [0, 0.05) is 18.7 Å². The molecule has 4 nitrogen and oxygen atoms in total. The van der Waals surface area contributed by atoms with Gasteiger partial charge in [0.1, 0.15) is 0 Å². The molecule has 0 unspecified atom stereocenters. The van der Waals surface area contributed by atoms with Crippen LogP contribution in [0.2, 0.25) is 10.0 Å². The Balaban J connectivity index is 1.50. The number of nitrogens with one attached hydrogen (secondary N) is 1. The summed E-state index contributed by atoms with van der Waals surface area (Å²) in [7, 11) is 0. The number of benzene rings is 1. The average Bonchev–Trinajstić information content (AvgIpc) is 2.60. The first kappa shape index (κ1) is 17.2. The Hall–Kier alpha value is -1.62. The molecule has 1 aliphatic rings. The van der Waals surface area contributed by atoms with E-state index in [2.05, 4.69) is 15.2 Å². The van der Waals surface area contributed by atoms with Crippen molar-refractivity contribution >= 4 is 34.8 Å². The number of rotatable bonds is 4. The van der Waals surface area contributed by atoms with E-state index < -0.39 is 0 Å². The Labute approximate surface area is 151 Å². The van der Waals surface area contributed by atoms with Crippen LogP contribution in [0.1, 0.15) is 18.4 Å². The van der Waals surface area contributed by atoms with Crippen molar-refractivity contribution in [2.45, 2.75) is 19.4 Å².